The van der Waals surface area contributed by atoms with Crippen molar-refractivity contribution in [1.82, 2.24) is 5.32 Å². The average molecular weight is 239 g/mol. The van der Waals surface area contributed by atoms with Crippen molar-refractivity contribution in [1.29, 1.82) is 0 Å². The topological polar surface area (TPSA) is 21.3 Å². The van der Waals surface area contributed by atoms with Gasteiger partial charge in [0.1, 0.15) is 0 Å². The van der Waals surface area contributed by atoms with Crippen LogP contribution in [0.3, 0.4) is 0 Å². The highest BCUT2D eigenvalue weighted by atomic mass is 16.5. The molecular formula is C15H29NO. The molecule has 1 aliphatic heterocycles. The molecule has 1 saturated heterocycles. The van der Waals surface area contributed by atoms with Gasteiger partial charge < -0.3 is 10.1 Å². The Morgan fingerprint density at radius 2 is 2.00 bits per heavy atom. The molecule has 1 aliphatic carbocycles. The number of fused-ring (bicyclic) bond motifs is 1. The fourth-order valence-corrected chi connectivity index (χ4v) is 3.65. The molecule has 2 nitrogen and oxygen atoms in total. The smallest absolute Gasteiger partial charge is 0.0785 e. The Kier molecular flexibility index (Phi) is 3.57. The number of hydrogen-bond acceptors (Lipinski definition) is 2. The van der Waals surface area contributed by atoms with E-state index in [1.807, 2.05) is 0 Å². The van der Waals surface area contributed by atoms with Gasteiger partial charge in [0.15, 0.2) is 0 Å². The first kappa shape index (κ1) is 13.4. The van der Waals surface area contributed by atoms with Crippen molar-refractivity contribution >= 4 is 0 Å². The third kappa shape index (κ3) is 3.23. The highest BCUT2D eigenvalue weighted by Gasteiger charge is 2.43. The summed E-state index contributed by atoms with van der Waals surface area (Å²) in [5.74, 6) is 0.707. The summed E-state index contributed by atoms with van der Waals surface area (Å²) in [5.41, 5.74) is 0.542. The zero-order valence-electron chi connectivity index (χ0n) is 12.2. The second-order valence-corrected chi connectivity index (χ2v) is 7.60. The lowest BCUT2D eigenvalue weighted by Gasteiger charge is -2.50. The molecule has 2 rings (SSSR count). The maximum Gasteiger partial charge on any atom is 0.0785 e. The Labute approximate surface area is 107 Å². The van der Waals surface area contributed by atoms with Gasteiger partial charge >= 0.3 is 0 Å². The summed E-state index contributed by atoms with van der Waals surface area (Å²) in [6.45, 7) is 12.6. The van der Waals surface area contributed by atoms with Crippen LogP contribution in [0.25, 0.3) is 0 Å². The van der Waals surface area contributed by atoms with Gasteiger partial charge in [0.05, 0.1) is 11.7 Å². The van der Waals surface area contributed by atoms with E-state index in [1.165, 1.54) is 19.3 Å². The zero-order chi connectivity index (χ0) is 12.7. The lowest BCUT2D eigenvalue weighted by Crippen LogP contribution is -2.60. The van der Waals surface area contributed by atoms with E-state index < -0.39 is 0 Å². The molecule has 0 bridgehead atoms. The van der Waals surface area contributed by atoms with Crippen LogP contribution in [0, 0.1) is 11.3 Å². The molecule has 100 valence electrons. The molecule has 17 heavy (non-hydrogen) atoms. The van der Waals surface area contributed by atoms with Crippen molar-refractivity contribution in [2.24, 2.45) is 11.3 Å². The summed E-state index contributed by atoms with van der Waals surface area (Å²) < 4.78 is 6.42. The largest absolute Gasteiger partial charge is 0.369 e. The van der Waals surface area contributed by atoms with Gasteiger partial charge in [0, 0.05) is 12.6 Å². The minimum atomic E-state index is 0.0524. The molecule has 0 radical (unpaired) electrons. The number of rotatable bonds is 2. The predicted molar refractivity (Wildman–Crippen MR) is 72.2 cm³/mol. The second kappa shape index (κ2) is 4.55. The van der Waals surface area contributed by atoms with Crippen LogP contribution < -0.4 is 5.32 Å². The Bertz CT molecular complexity index is 274. The standard InChI is InChI=1S/C15H29NO/c1-11(2)8-15(5)10-16-12-9-14(3,4)7-6-13(12)17-15/h11-13,16H,6-10H2,1-5H3. The van der Waals surface area contributed by atoms with Gasteiger partial charge in [-0.1, -0.05) is 27.7 Å². The normalized spacial score (nSPS) is 41.3. The third-order valence-electron chi connectivity index (χ3n) is 4.34. The minimum Gasteiger partial charge on any atom is -0.369 e. The van der Waals surface area contributed by atoms with Gasteiger partial charge in [-0.25, -0.2) is 0 Å². The zero-order valence-corrected chi connectivity index (χ0v) is 12.2. The van der Waals surface area contributed by atoms with E-state index in [-0.39, 0.29) is 5.60 Å². The highest BCUT2D eigenvalue weighted by Crippen LogP contribution is 2.40. The third-order valence-corrected chi connectivity index (χ3v) is 4.34. The van der Waals surface area contributed by atoms with Crippen LogP contribution in [-0.2, 0) is 4.74 Å². The van der Waals surface area contributed by atoms with Crippen LogP contribution in [-0.4, -0.2) is 24.3 Å². The highest BCUT2D eigenvalue weighted by molar-refractivity contribution is 4.97. The van der Waals surface area contributed by atoms with Crippen molar-refractivity contribution in [3.8, 4) is 0 Å². The lowest BCUT2D eigenvalue weighted by atomic mass is 9.72. The Balaban J connectivity index is 1.97. The van der Waals surface area contributed by atoms with E-state index in [4.69, 9.17) is 4.74 Å². The van der Waals surface area contributed by atoms with Crippen molar-refractivity contribution in [2.45, 2.75) is 78.0 Å². The van der Waals surface area contributed by atoms with Crippen LogP contribution >= 0.6 is 0 Å². The summed E-state index contributed by atoms with van der Waals surface area (Å²) in [7, 11) is 0. The Morgan fingerprint density at radius 1 is 1.29 bits per heavy atom. The van der Waals surface area contributed by atoms with Gasteiger partial charge in [0.2, 0.25) is 0 Å². The maximum absolute atomic E-state index is 6.42. The summed E-state index contributed by atoms with van der Waals surface area (Å²) in [5, 5.41) is 3.75. The Morgan fingerprint density at radius 3 is 2.65 bits per heavy atom. The van der Waals surface area contributed by atoms with Gasteiger partial charge in [-0.3, -0.25) is 0 Å². The van der Waals surface area contributed by atoms with Crippen LogP contribution in [0.5, 0.6) is 0 Å². The maximum atomic E-state index is 6.42. The number of nitrogens with one attached hydrogen (secondary N) is 1. The molecule has 0 aromatic heterocycles. The SMILES string of the molecule is CC(C)CC1(C)CNC2CC(C)(C)CCC2O1. The molecule has 1 heterocycles. The first-order chi connectivity index (χ1) is 7.80. The van der Waals surface area contributed by atoms with E-state index in [2.05, 4.69) is 39.9 Å². The van der Waals surface area contributed by atoms with E-state index >= 15 is 0 Å². The van der Waals surface area contributed by atoms with E-state index in [9.17, 15) is 0 Å². The van der Waals surface area contributed by atoms with Crippen LogP contribution in [0.4, 0.5) is 0 Å². The monoisotopic (exact) mass is 239 g/mol. The first-order valence-corrected chi connectivity index (χ1v) is 7.21. The van der Waals surface area contributed by atoms with E-state index in [0.29, 0.717) is 23.5 Å². The quantitative estimate of drug-likeness (QED) is 0.798. The summed E-state index contributed by atoms with van der Waals surface area (Å²) in [6, 6.07) is 0.582. The molecule has 0 aromatic rings. The predicted octanol–water partition coefficient (Wildman–Crippen LogP) is 3.36. The summed E-state index contributed by atoms with van der Waals surface area (Å²) in [4.78, 5) is 0. The molecule has 0 amide bonds. The molecule has 2 fully saturated rings. The van der Waals surface area contributed by atoms with Crippen LogP contribution in [0.1, 0.15) is 60.3 Å². The molecule has 3 unspecified atom stereocenters. The molecule has 1 N–H and O–H groups in total. The molecule has 2 aliphatic rings. The lowest BCUT2D eigenvalue weighted by molar-refractivity contribution is -0.153. The van der Waals surface area contributed by atoms with Crippen molar-refractivity contribution in [3.05, 3.63) is 0 Å². The van der Waals surface area contributed by atoms with Crippen LogP contribution in [0.2, 0.25) is 0 Å². The number of hydrogen-bond donors (Lipinski definition) is 1. The summed E-state index contributed by atoms with van der Waals surface area (Å²) in [6.07, 6.45) is 5.38. The fraction of sp³-hybridized carbons (Fsp3) is 1.00. The van der Waals surface area contributed by atoms with E-state index in [1.54, 1.807) is 0 Å². The van der Waals surface area contributed by atoms with Gasteiger partial charge in [-0.05, 0) is 43.9 Å². The minimum absolute atomic E-state index is 0.0524. The summed E-state index contributed by atoms with van der Waals surface area (Å²) >= 11 is 0. The van der Waals surface area contributed by atoms with Crippen molar-refractivity contribution < 1.29 is 4.74 Å². The van der Waals surface area contributed by atoms with Gasteiger partial charge in [0.25, 0.3) is 0 Å². The van der Waals surface area contributed by atoms with Crippen molar-refractivity contribution in [3.63, 3.8) is 0 Å². The number of morpholine rings is 1. The average Bonchev–Trinajstić information content (AvgIpc) is 2.16. The molecule has 3 atom stereocenters. The molecule has 0 spiro atoms. The molecular weight excluding hydrogens is 210 g/mol. The first-order valence-electron chi connectivity index (χ1n) is 7.21. The molecule has 0 aromatic carbocycles. The second-order valence-electron chi connectivity index (χ2n) is 7.60. The van der Waals surface area contributed by atoms with E-state index in [0.717, 1.165) is 13.0 Å². The molecule has 2 heteroatoms. The van der Waals surface area contributed by atoms with Gasteiger partial charge in [-0.2, -0.15) is 0 Å². The van der Waals surface area contributed by atoms with Crippen LogP contribution in [0.15, 0.2) is 0 Å². The number of ether oxygens (including phenoxy) is 1. The molecule has 1 saturated carbocycles. The van der Waals surface area contributed by atoms with Gasteiger partial charge in [-0.15, -0.1) is 0 Å². The Hall–Kier alpha value is -0.0800. The fourth-order valence-electron chi connectivity index (χ4n) is 3.65. The van der Waals surface area contributed by atoms with Crippen molar-refractivity contribution in [2.75, 3.05) is 6.54 Å².